The second-order valence-corrected chi connectivity index (χ2v) is 7.75. The predicted molar refractivity (Wildman–Crippen MR) is 75.8 cm³/mol. The molecular formula is C14H20N2O2S. The second-order valence-electron chi connectivity index (χ2n) is 5.98. The molecule has 1 heterocycles. The highest BCUT2D eigenvalue weighted by Gasteiger charge is 2.33. The SMILES string of the molecule is CC1(CNS(=O)(=O)c2ccc3c(c2)CCN3)CCC1. The summed E-state index contributed by atoms with van der Waals surface area (Å²) in [5.41, 5.74) is 2.31. The van der Waals surface area contributed by atoms with Gasteiger partial charge in [-0.15, -0.1) is 0 Å². The number of hydrogen-bond donors (Lipinski definition) is 2. The van der Waals surface area contributed by atoms with Gasteiger partial charge in [0.1, 0.15) is 0 Å². The van der Waals surface area contributed by atoms with Crippen molar-refractivity contribution in [1.29, 1.82) is 0 Å². The summed E-state index contributed by atoms with van der Waals surface area (Å²) in [7, 11) is -3.37. The lowest BCUT2D eigenvalue weighted by molar-refractivity contribution is 0.166. The van der Waals surface area contributed by atoms with E-state index >= 15 is 0 Å². The Labute approximate surface area is 114 Å². The van der Waals surface area contributed by atoms with Crippen LogP contribution < -0.4 is 10.0 Å². The highest BCUT2D eigenvalue weighted by Crippen LogP contribution is 2.39. The largest absolute Gasteiger partial charge is 0.384 e. The smallest absolute Gasteiger partial charge is 0.240 e. The van der Waals surface area contributed by atoms with Crippen LogP contribution in [0.1, 0.15) is 31.7 Å². The zero-order valence-corrected chi connectivity index (χ0v) is 12.0. The molecular weight excluding hydrogens is 260 g/mol. The maximum atomic E-state index is 12.3. The lowest BCUT2D eigenvalue weighted by atomic mass is 9.71. The van der Waals surface area contributed by atoms with Crippen molar-refractivity contribution >= 4 is 15.7 Å². The molecule has 0 spiro atoms. The molecule has 0 saturated heterocycles. The van der Waals surface area contributed by atoms with Gasteiger partial charge in [0, 0.05) is 18.8 Å². The number of anilines is 1. The van der Waals surface area contributed by atoms with Crippen molar-refractivity contribution in [2.75, 3.05) is 18.4 Å². The summed E-state index contributed by atoms with van der Waals surface area (Å²) in [4.78, 5) is 0.387. The molecule has 4 nitrogen and oxygen atoms in total. The fourth-order valence-electron chi connectivity index (χ4n) is 2.76. The molecule has 1 saturated carbocycles. The predicted octanol–water partition coefficient (Wildman–Crippen LogP) is 2.12. The first kappa shape index (κ1) is 12.9. The third-order valence-corrected chi connectivity index (χ3v) is 5.75. The van der Waals surface area contributed by atoms with Gasteiger partial charge < -0.3 is 5.32 Å². The van der Waals surface area contributed by atoms with Gasteiger partial charge in [0.05, 0.1) is 4.90 Å². The lowest BCUT2D eigenvalue weighted by Crippen LogP contribution is -2.39. The van der Waals surface area contributed by atoms with Crippen LogP contribution in [0, 0.1) is 5.41 Å². The van der Waals surface area contributed by atoms with Crippen molar-refractivity contribution in [2.24, 2.45) is 5.41 Å². The fraction of sp³-hybridized carbons (Fsp3) is 0.571. The topological polar surface area (TPSA) is 58.2 Å². The molecule has 1 aliphatic heterocycles. The molecule has 1 aromatic carbocycles. The summed E-state index contributed by atoms with van der Waals surface area (Å²) < 4.78 is 27.3. The number of benzene rings is 1. The van der Waals surface area contributed by atoms with Crippen LogP contribution in [0.25, 0.3) is 0 Å². The monoisotopic (exact) mass is 280 g/mol. The van der Waals surface area contributed by atoms with E-state index in [1.165, 1.54) is 6.42 Å². The Kier molecular flexibility index (Phi) is 3.06. The molecule has 0 unspecified atom stereocenters. The van der Waals surface area contributed by atoms with Crippen LogP contribution >= 0.6 is 0 Å². The van der Waals surface area contributed by atoms with Gasteiger partial charge in [0.25, 0.3) is 0 Å². The van der Waals surface area contributed by atoms with Gasteiger partial charge in [-0.3, -0.25) is 0 Å². The minimum absolute atomic E-state index is 0.158. The Morgan fingerprint density at radius 2 is 2.16 bits per heavy atom. The van der Waals surface area contributed by atoms with Crippen LogP contribution in [-0.2, 0) is 16.4 Å². The highest BCUT2D eigenvalue weighted by molar-refractivity contribution is 7.89. The maximum Gasteiger partial charge on any atom is 0.240 e. The highest BCUT2D eigenvalue weighted by atomic mass is 32.2. The number of nitrogens with one attached hydrogen (secondary N) is 2. The molecule has 0 atom stereocenters. The molecule has 0 radical (unpaired) electrons. The Hall–Kier alpha value is -1.07. The molecule has 104 valence electrons. The number of fused-ring (bicyclic) bond motifs is 1. The quantitative estimate of drug-likeness (QED) is 0.888. The van der Waals surface area contributed by atoms with Crippen molar-refractivity contribution in [3.8, 4) is 0 Å². The Bertz CT molecular complexity index is 591. The van der Waals surface area contributed by atoms with Gasteiger partial charge in [0.2, 0.25) is 10.0 Å². The zero-order chi connectivity index (χ0) is 13.5. The van der Waals surface area contributed by atoms with Crippen LogP contribution in [0.5, 0.6) is 0 Å². The van der Waals surface area contributed by atoms with E-state index in [2.05, 4.69) is 17.0 Å². The van der Waals surface area contributed by atoms with Crippen molar-refractivity contribution in [2.45, 2.75) is 37.5 Å². The van der Waals surface area contributed by atoms with Crippen LogP contribution in [0.3, 0.4) is 0 Å². The van der Waals surface area contributed by atoms with E-state index in [-0.39, 0.29) is 5.41 Å². The normalized spacial score (nSPS) is 20.5. The van der Waals surface area contributed by atoms with Gasteiger partial charge in [-0.1, -0.05) is 13.3 Å². The first-order valence-electron chi connectivity index (χ1n) is 6.85. The van der Waals surface area contributed by atoms with Gasteiger partial charge in [-0.25, -0.2) is 13.1 Å². The summed E-state index contributed by atoms with van der Waals surface area (Å²) in [5, 5.41) is 3.24. The first-order chi connectivity index (χ1) is 8.99. The van der Waals surface area contributed by atoms with Crippen molar-refractivity contribution in [3.05, 3.63) is 23.8 Å². The Morgan fingerprint density at radius 1 is 1.37 bits per heavy atom. The molecule has 0 aromatic heterocycles. The summed E-state index contributed by atoms with van der Waals surface area (Å²) in [6.45, 7) is 3.58. The van der Waals surface area contributed by atoms with Crippen LogP contribution in [0.15, 0.2) is 23.1 Å². The minimum Gasteiger partial charge on any atom is -0.384 e. The molecule has 0 bridgehead atoms. The molecule has 0 amide bonds. The van der Waals surface area contributed by atoms with Gasteiger partial charge in [-0.05, 0) is 48.4 Å². The summed E-state index contributed by atoms with van der Waals surface area (Å²) in [5.74, 6) is 0. The molecule has 3 rings (SSSR count). The van der Waals surface area contributed by atoms with E-state index < -0.39 is 10.0 Å². The van der Waals surface area contributed by atoms with Crippen molar-refractivity contribution < 1.29 is 8.42 Å². The molecule has 2 N–H and O–H groups in total. The van der Waals surface area contributed by atoms with Crippen LogP contribution in [0.4, 0.5) is 5.69 Å². The van der Waals surface area contributed by atoms with Gasteiger partial charge in [-0.2, -0.15) is 0 Å². The summed E-state index contributed by atoms with van der Waals surface area (Å²) >= 11 is 0. The van der Waals surface area contributed by atoms with E-state index in [9.17, 15) is 8.42 Å². The molecule has 5 heteroatoms. The lowest BCUT2D eigenvalue weighted by Gasteiger charge is -2.38. The van der Waals surface area contributed by atoms with Crippen LogP contribution in [-0.4, -0.2) is 21.5 Å². The zero-order valence-electron chi connectivity index (χ0n) is 11.2. The molecule has 19 heavy (non-hydrogen) atoms. The van der Waals surface area contributed by atoms with E-state index in [0.717, 1.165) is 37.1 Å². The third kappa shape index (κ3) is 2.49. The number of sulfonamides is 1. The average molecular weight is 280 g/mol. The fourth-order valence-corrected chi connectivity index (χ4v) is 4.01. The molecule has 1 fully saturated rings. The van der Waals surface area contributed by atoms with Crippen molar-refractivity contribution in [3.63, 3.8) is 0 Å². The minimum atomic E-state index is -3.37. The standard InChI is InChI=1S/C14H20N2O2S/c1-14(6-2-7-14)10-16-19(17,18)12-3-4-13-11(9-12)5-8-15-13/h3-4,9,15-16H,2,5-8,10H2,1H3. The molecule has 2 aliphatic rings. The van der Waals surface area contributed by atoms with Gasteiger partial charge in [0.15, 0.2) is 0 Å². The molecule has 1 aromatic rings. The maximum absolute atomic E-state index is 12.3. The first-order valence-corrected chi connectivity index (χ1v) is 8.33. The summed E-state index contributed by atoms with van der Waals surface area (Å²) in [6, 6.07) is 5.34. The van der Waals surface area contributed by atoms with E-state index in [4.69, 9.17) is 0 Å². The van der Waals surface area contributed by atoms with Crippen LogP contribution in [0.2, 0.25) is 0 Å². The Morgan fingerprint density at radius 3 is 2.84 bits per heavy atom. The number of hydrogen-bond acceptors (Lipinski definition) is 3. The molecule has 1 aliphatic carbocycles. The van der Waals surface area contributed by atoms with E-state index in [0.29, 0.717) is 11.4 Å². The average Bonchev–Trinajstić information content (AvgIpc) is 2.81. The summed E-state index contributed by atoms with van der Waals surface area (Å²) in [6.07, 6.45) is 4.34. The van der Waals surface area contributed by atoms with E-state index in [1.54, 1.807) is 12.1 Å². The Balaban J connectivity index is 1.76. The number of rotatable bonds is 4. The second kappa shape index (κ2) is 4.49. The van der Waals surface area contributed by atoms with E-state index in [1.807, 2.05) is 6.07 Å². The van der Waals surface area contributed by atoms with Crippen molar-refractivity contribution in [1.82, 2.24) is 4.72 Å². The third-order valence-electron chi connectivity index (χ3n) is 4.35. The van der Waals surface area contributed by atoms with Gasteiger partial charge >= 0.3 is 0 Å².